The maximum atomic E-state index is 13.4. The summed E-state index contributed by atoms with van der Waals surface area (Å²) in [5.74, 6) is -0.405. The van der Waals surface area contributed by atoms with E-state index in [1.54, 1.807) is 12.1 Å². The van der Waals surface area contributed by atoms with Crippen molar-refractivity contribution in [1.82, 2.24) is 4.31 Å². The minimum absolute atomic E-state index is 0.0855. The molecule has 0 radical (unpaired) electrons. The number of fused-ring (bicyclic) bond motifs is 1. The van der Waals surface area contributed by atoms with Crippen LogP contribution >= 0.6 is 15.9 Å². The number of nitrogens with one attached hydrogen (secondary N) is 1. The summed E-state index contributed by atoms with van der Waals surface area (Å²) in [6.07, 6.45) is 0. The zero-order chi connectivity index (χ0) is 22.6. The van der Waals surface area contributed by atoms with E-state index in [2.05, 4.69) is 21.2 Å². The fraction of sp³-hybridized carbons (Fsp3) is 0.0800. The highest BCUT2D eigenvalue weighted by molar-refractivity contribution is 9.10. The molecule has 1 amide bonds. The molecule has 4 aromatic carbocycles. The van der Waals surface area contributed by atoms with Gasteiger partial charge in [0.25, 0.3) is 0 Å². The van der Waals surface area contributed by atoms with Gasteiger partial charge in [-0.3, -0.25) is 4.79 Å². The van der Waals surface area contributed by atoms with Crippen molar-refractivity contribution in [2.24, 2.45) is 0 Å². The molecule has 0 aromatic heterocycles. The smallest absolute Gasteiger partial charge is 0.243 e. The lowest BCUT2D eigenvalue weighted by molar-refractivity contribution is -0.116. The number of anilines is 1. The monoisotopic (exact) mass is 508 g/mol. The number of sulfonamides is 1. The average Bonchev–Trinajstić information content (AvgIpc) is 2.80. The first-order chi connectivity index (χ1) is 15.4. The molecule has 4 aromatic rings. The van der Waals surface area contributed by atoms with Gasteiger partial charge in [-0.25, -0.2) is 8.42 Å². The van der Waals surface area contributed by atoms with Gasteiger partial charge in [-0.05, 0) is 41.3 Å². The van der Waals surface area contributed by atoms with Gasteiger partial charge in [0.2, 0.25) is 15.9 Å². The number of amides is 1. The van der Waals surface area contributed by atoms with Gasteiger partial charge >= 0.3 is 0 Å². The van der Waals surface area contributed by atoms with Crippen LogP contribution in [0, 0.1) is 0 Å². The van der Waals surface area contributed by atoms with E-state index >= 15 is 0 Å². The fourth-order valence-electron chi connectivity index (χ4n) is 3.45. The Hall–Kier alpha value is -3.00. The van der Waals surface area contributed by atoms with Crippen molar-refractivity contribution in [3.05, 3.63) is 107 Å². The molecule has 0 heterocycles. The Morgan fingerprint density at radius 3 is 2.22 bits per heavy atom. The zero-order valence-corrected chi connectivity index (χ0v) is 19.5. The third-order valence-corrected chi connectivity index (χ3v) is 7.37. The molecule has 4 rings (SSSR count). The Morgan fingerprint density at radius 1 is 0.812 bits per heavy atom. The maximum absolute atomic E-state index is 13.4. The molecule has 0 aliphatic rings. The maximum Gasteiger partial charge on any atom is 0.243 e. The first-order valence-corrected chi connectivity index (χ1v) is 12.2. The molecule has 1 N–H and O–H groups in total. The molecular weight excluding hydrogens is 488 g/mol. The molecular formula is C25H21BrN2O3S. The average molecular weight is 509 g/mol. The lowest BCUT2D eigenvalue weighted by Gasteiger charge is -2.22. The van der Waals surface area contributed by atoms with Crippen LogP contribution in [0.4, 0.5) is 5.69 Å². The number of carbonyl (C=O) groups excluding carboxylic acids is 1. The number of rotatable bonds is 7. The summed E-state index contributed by atoms with van der Waals surface area (Å²) in [5.41, 5.74) is 1.44. The minimum atomic E-state index is -3.89. The van der Waals surface area contributed by atoms with Crippen molar-refractivity contribution >= 4 is 48.3 Å². The van der Waals surface area contributed by atoms with E-state index in [0.29, 0.717) is 5.69 Å². The molecule has 0 bridgehead atoms. The molecule has 0 saturated heterocycles. The van der Waals surface area contributed by atoms with Crippen molar-refractivity contribution in [3.63, 3.8) is 0 Å². The van der Waals surface area contributed by atoms with Gasteiger partial charge in [0.1, 0.15) is 0 Å². The minimum Gasteiger partial charge on any atom is -0.324 e. The Labute approximate surface area is 195 Å². The van der Waals surface area contributed by atoms with Gasteiger partial charge in [0.05, 0.1) is 11.4 Å². The number of halogens is 1. The van der Waals surface area contributed by atoms with E-state index in [-0.39, 0.29) is 18.0 Å². The molecule has 0 atom stereocenters. The lowest BCUT2D eigenvalue weighted by Crippen LogP contribution is -2.37. The number of benzene rings is 4. The summed E-state index contributed by atoms with van der Waals surface area (Å²) in [6.45, 7) is -0.224. The molecule has 0 fully saturated rings. The second kappa shape index (κ2) is 9.65. The second-order valence-corrected chi connectivity index (χ2v) is 10.1. The standard InChI is InChI=1S/C25H21BrN2O3S/c26-21-13-15-22(16-14-21)32(30,31)28(17-19-7-2-1-3-8-19)18-25(29)27-24-12-6-10-20-9-4-5-11-23(20)24/h1-16H,17-18H2,(H,27,29). The lowest BCUT2D eigenvalue weighted by atomic mass is 10.1. The van der Waals surface area contributed by atoms with Gasteiger partial charge in [-0.2, -0.15) is 4.31 Å². The Morgan fingerprint density at radius 2 is 1.47 bits per heavy atom. The molecule has 0 aliphatic heterocycles. The molecule has 7 heteroatoms. The van der Waals surface area contributed by atoms with Crippen LogP contribution in [0.1, 0.15) is 5.56 Å². The number of hydrogen-bond acceptors (Lipinski definition) is 3. The van der Waals surface area contributed by atoms with E-state index < -0.39 is 15.9 Å². The number of carbonyl (C=O) groups is 1. The van der Waals surface area contributed by atoms with Crippen LogP contribution in [0.3, 0.4) is 0 Å². The zero-order valence-electron chi connectivity index (χ0n) is 17.1. The quantitative estimate of drug-likeness (QED) is 0.361. The predicted octanol–water partition coefficient (Wildman–Crippen LogP) is 5.43. The third kappa shape index (κ3) is 5.07. The highest BCUT2D eigenvalue weighted by Crippen LogP contribution is 2.24. The van der Waals surface area contributed by atoms with E-state index in [1.807, 2.05) is 72.8 Å². The summed E-state index contributed by atoms with van der Waals surface area (Å²) in [7, 11) is -3.89. The van der Waals surface area contributed by atoms with Crippen molar-refractivity contribution < 1.29 is 13.2 Å². The molecule has 0 saturated carbocycles. The van der Waals surface area contributed by atoms with Crippen LogP contribution in [0.15, 0.2) is 106 Å². The Kier molecular flexibility index (Phi) is 6.69. The summed E-state index contributed by atoms with van der Waals surface area (Å²) < 4.78 is 28.7. The summed E-state index contributed by atoms with van der Waals surface area (Å²) in [4.78, 5) is 13.1. The van der Waals surface area contributed by atoms with Gasteiger partial charge < -0.3 is 5.32 Å². The molecule has 162 valence electrons. The molecule has 0 spiro atoms. The second-order valence-electron chi connectivity index (χ2n) is 7.29. The van der Waals surface area contributed by atoms with Crippen molar-refractivity contribution in [2.75, 3.05) is 11.9 Å². The van der Waals surface area contributed by atoms with Crippen molar-refractivity contribution in [1.29, 1.82) is 0 Å². The van der Waals surface area contributed by atoms with E-state index in [1.165, 1.54) is 16.4 Å². The van der Waals surface area contributed by atoms with Crippen LogP contribution < -0.4 is 5.32 Å². The SMILES string of the molecule is O=C(CN(Cc1ccccc1)S(=O)(=O)c1ccc(Br)cc1)Nc1cccc2ccccc12. The molecule has 0 unspecified atom stereocenters. The third-order valence-electron chi connectivity index (χ3n) is 5.04. The fourth-order valence-corrected chi connectivity index (χ4v) is 5.10. The van der Waals surface area contributed by atoms with E-state index in [0.717, 1.165) is 20.8 Å². The van der Waals surface area contributed by atoms with Gasteiger partial charge in [0, 0.05) is 22.1 Å². The van der Waals surface area contributed by atoms with Gasteiger partial charge in [-0.1, -0.05) is 82.7 Å². The Bertz CT molecular complexity index is 1340. The van der Waals surface area contributed by atoms with Crippen LogP contribution in [0.2, 0.25) is 0 Å². The van der Waals surface area contributed by atoms with E-state index in [9.17, 15) is 13.2 Å². The van der Waals surface area contributed by atoms with Crippen LogP contribution in [-0.4, -0.2) is 25.2 Å². The number of hydrogen-bond donors (Lipinski definition) is 1. The summed E-state index contributed by atoms with van der Waals surface area (Å²) in [5, 5.41) is 4.77. The van der Waals surface area contributed by atoms with Crippen LogP contribution in [0.5, 0.6) is 0 Å². The molecule has 0 aliphatic carbocycles. The van der Waals surface area contributed by atoms with Crippen LogP contribution in [0.25, 0.3) is 10.8 Å². The van der Waals surface area contributed by atoms with Crippen molar-refractivity contribution in [2.45, 2.75) is 11.4 Å². The summed E-state index contributed by atoms with van der Waals surface area (Å²) >= 11 is 3.33. The van der Waals surface area contributed by atoms with E-state index in [4.69, 9.17) is 0 Å². The highest BCUT2D eigenvalue weighted by atomic mass is 79.9. The van der Waals surface area contributed by atoms with Crippen molar-refractivity contribution in [3.8, 4) is 0 Å². The number of nitrogens with zero attached hydrogens (tertiary/aromatic N) is 1. The topological polar surface area (TPSA) is 66.5 Å². The van der Waals surface area contributed by atoms with Gasteiger partial charge in [0.15, 0.2) is 0 Å². The summed E-state index contributed by atoms with van der Waals surface area (Å²) in [6, 6.07) is 29.0. The first-order valence-electron chi connectivity index (χ1n) is 10.0. The first kappa shape index (κ1) is 22.2. The highest BCUT2D eigenvalue weighted by Gasteiger charge is 2.27. The molecule has 5 nitrogen and oxygen atoms in total. The largest absolute Gasteiger partial charge is 0.324 e. The van der Waals surface area contributed by atoms with Crippen LogP contribution in [-0.2, 0) is 21.4 Å². The Balaban J connectivity index is 1.62. The molecule has 32 heavy (non-hydrogen) atoms. The predicted molar refractivity (Wildman–Crippen MR) is 131 cm³/mol. The normalized spacial score (nSPS) is 11.6. The van der Waals surface area contributed by atoms with Gasteiger partial charge in [-0.15, -0.1) is 0 Å².